The Labute approximate surface area is 202 Å². The van der Waals surface area contributed by atoms with Crippen molar-refractivity contribution in [2.45, 2.75) is 32.3 Å². The molecule has 0 bridgehead atoms. The first-order valence-electron chi connectivity index (χ1n) is 10.7. The standard InChI is InChI=1S/C23H25Cl2N3O4S/c1-2-33(30,31)28-7-5-15(6-8-28)19-12-27-22-17(19)10-16(11-18(22)23(26)29)32-13-14-3-4-20(24)21(25)9-14/h3-4,9-12,15,27H,2,5-8,13H2,1H3,(H2,26,29). The van der Waals surface area contributed by atoms with Crippen LogP contribution in [0.3, 0.4) is 0 Å². The lowest BCUT2D eigenvalue weighted by Crippen LogP contribution is -2.38. The van der Waals surface area contributed by atoms with Crippen LogP contribution in [0.2, 0.25) is 10.0 Å². The Balaban J connectivity index is 1.61. The first-order chi connectivity index (χ1) is 15.7. The van der Waals surface area contributed by atoms with Crippen molar-refractivity contribution in [2.24, 2.45) is 5.73 Å². The van der Waals surface area contributed by atoms with Crippen LogP contribution in [-0.2, 0) is 16.6 Å². The van der Waals surface area contributed by atoms with Crippen LogP contribution in [0.25, 0.3) is 10.9 Å². The summed E-state index contributed by atoms with van der Waals surface area (Å²) in [4.78, 5) is 15.3. The monoisotopic (exact) mass is 509 g/mol. The van der Waals surface area contributed by atoms with Crippen molar-refractivity contribution in [3.8, 4) is 5.75 Å². The number of hydrogen-bond acceptors (Lipinski definition) is 4. The minimum atomic E-state index is -3.19. The van der Waals surface area contributed by atoms with Gasteiger partial charge < -0.3 is 15.5 Å². The molecule has 176 valence electrons. The number of amides is 1. The number of hydrogen-bond donors (Lipinski definition) is 2. The molecule has 0 aliphatic carbocycles. The summed E-state index contributed by atoms with van der Waals surface area (Å²) in [6, 6.07) is 8.77. The van der Waals surface area contributed by atoms with Crippen molar-refractivity contribution in [3.63, 3.8) is 0 Å². The molecular formula is C23H25Cl2N3O4S. The average molecular weight is 510 g/mol. The zero-order valence-corrected chi connectivity index (χ0v) is 20.4. The van der Waals surface area contributed by atoms with E-state index in [0.29, 0.717) is 52.8 Å². The number of piperidine rings is 1. The van der Waals surface area contributed by atoms with Crippen LogP contribution in [0.5, 0.6) is 5.75 Å². The number of benzene rings is 2. The quantitative estimate of drug-likeness (QED) is 0.482. The number of aromatic nitrogens is 1. The lowest BCUT2D eigenvalue weighted by atomic mass is 9.89. The van der Waals surface area contributed by atoms with E-state index in [4.69, 9.17) is 33.7 Å². The van der Waals surface area contributed by atoms with Crippen LogP contribution >= 0.6 is 23.2 Å². The second-order valence-corrected chi connectivity index (χ2v) is 11.2. The maximum absolute atomic E-state index is 12.2. The zero-order valence-electron chi connectivity index (χ0n) is 18.1. The number of nitrogens with zero attached hydrogens (tertiary/aromatic N) is 1. The summed E-state index contributed by atoms with van der Waals surface area (Å²) in [7, 11) is -3.19. The number of nitrogens with one attached hydrogen (secondary N) is 1. The van der Waals surface area contributed by atoms with Gasteiger partial charge in [0.15, 0.2) is 0 Å². The SMILES string of the molecule is CCS(=O)(=O)N1CCC(c2c[nH]c3c(C(N)=O)cc(OCc4ccc(Cl)c(Cl)c4)cc23)CC1. The lowest BCUT2D eigenvalue weighted by molar-refractivity contribution is 0.100. The number of H-pyrrole nitrogens is 1. The molecule has 1 aliphatic rings. The first-order valence-corrected chi connectivity index (χ1v) is 13.1. The second-order valence-electron chi connectivity index (χ2n) is 8.11. The Morgan fingerprint density at radius 2 is 1.91 bits per heavy atom. The van der Waals surface area contributed by atoms with Crippen LogP contribution in [0, 0.1) is 0 Å². The molecule has 7 nitrogen and oxygen atoms in total. The number of primary amides is 1. The van der Waals surface area contributed by atoms with Gasteiger partial charge in [0.1, 0.15) is 12.4 Å². The summed E-state index contributed by atoms with van der Waals surface area (Å²) < 4.78 is 31.9. The van der Waals surface area contributed by atoms with E-state index >= 15 is 0 Å². The van der Waals surface area contributed by atoms with Crippen molar-refractivity contribution in [3.05, 3.63) is 63.3 Å². The molecule has 10 heteroatoms. The maximum atomic E-state index is 12.2. The number of sulfonamides is 1. The van der Waals surface area contributed by atoms with Crippen molar-refractivity contribution >= 4 is 50.0 Å². The Kier molecular flexibility index (Phi) is 6.91. The van der Waals surface area contributed by atoms with Gasteiger partial charge in [0.2, 0.25) is 10.0 Å². The highest BCUT2D eigenvalue weighted by molar-refractivity contribution is 7.89. The molecule has 2 heterocycles. The zero-order chi connectivity index (χ0) is 23.8. The fourth-order valence-electron chi connectivity index (χ4n) is 4.27. The highest BCUT2D eigenvalue weighted by Gasteiger charge is 2.29. The van der Waals surface area contributed by atoms with Crippen LogP contribution < -0.4 is 10.5 Å². The molecular weight excluding hydrogens is 485 g/mol. The summed E-state index contributed by atoms with van der Waals surface area (Å²) in [5, 5.41) is 1.76. The number of nitrogens with two attached hydrogens (primary N) is 1. The maximum Gasteiger partial charge on any atom is 0.250 e. The minimum Gasteiger partial charge on any atom is -0.489 e. The Bertz CT molecular complexity index is 1300. The Morgan fingerprint density at radius 3 is 2.55 bits per heavy atom. The fourth-order valence-corrected chi connectivity index (χ4v) is 5.72. The third-order valence-electron chi connectivity index (χ3n) is 6.10. The number of fused-ring (bicyclic) bond motifs is 1. The van der Waals surface area contributed by atoms with E-state index in [2.05, 4.69) is 4.98 Å². The molecule has 0 atom stereocenters. The second kappa shape index (κ2) is 9.54. The molecule has 1 fully saturated rings. The molecule has 0 radical (unpaired) electrons. The van der Waals surface area contributed by atoms with Gasteiger partial charge >= 0.3 is 0 Å². The van der Waals surface area contributed by atoms with E-state index in [9.17, 15) is 13.2 Å². The lowest BCUT2D eigenvalue weighted by Gasteiger charge is -2.31. The van der Waals surface area contributed by atoms with Crippen molar-refractivity contribution in [1.29, 1.82) is 0 Å². The molecule has 1 amide bonds. The molecule has 0 saturated carbocycles. The first kappa shape index (κ1) is 23.9. The predicted octanol–water partition coefficient (Wildman–Crippen LogP) is 4.68. The van der Waals surface area contributed by atoms with Gasteiger partial charge in [-0.25, -0.2) is 12.7 Å². The summed E-state index contributed by atoms with van der Waals surface area (Å²) in [5.74, 6) is 0.214. The Hall–Kier alpha value is -2.26. The molecule has 33 heavy (non-hydrogen) atoms. The van der Waals surface area contributed by atoms with Gasteiger partial charge in [-0.1, -0.05) is 29.3 Å². The normalized spacial score (nSPS) is 15.7. The molecule has 1 aliphatic heterocycles. The number of rotatable bonds is 7. The van der Waals surface area contributed by atoms with Gasteiger partial charge in [-0.05, 0) is 61.1 Å². The Morgan fingerprint density at radius 1 is 1.18 bits per heavy atom. The van der Waals surface area contributed by atoms with E-state index in [0.717, 1.165) is 16.5 Å². The van der Waals surface area contributed by atoms with Gasteiger partial charge in [-0.15, -0.1) is 0 Å². The van der Waals surface area contributed by atoms with E-state index < -0.39 is 15.9 Å². The van der Waals surface area contributed by atoms with Crippen molar-refractivity contribution in [2.75, 3.05) is 18.8 Å². The van der Waals surface area contributed by atoms with Crippen LogP contribution in [0.15, 0.2) is 36.5 Å². The average Bonchev–Trinajstić information content (AvgIpc) is 3.23. The van der Waals surface area contributed by atoms with E-state index in [1.165, 1.54) is 0 Å². The summed E-state index contributed by atoms with van der Waals surface area (Å²) in [6.45, 7) is 2.85. The van der Waals surface area contributed by atoms with Gasteiger partial charge in [0.25, 0.3) is 5.91 Å². The topological polar surface area (TPSA) is 105 Å². The third kappa shape index (κ3) is 4.99. The number of ether oxygens (including phenoxy) is 1. The van der Waals surface area contributed by atoms with E-state index in [-0.39, 0.29) is 18.3 Å². The van der Waals surface area contributed by atoms with Gasteiger partial charge in [-0.3, -0.25) is 4.79 Å². The van der Waals surface area contributed by atoms with E-state index in [1.807, 2.05) is 18.3 Å². The highest BCUT2D eigenvalue weighted by Crippen LogP contribution is 2.37. The summed E-state index contributed by atoms with van der Waals surface area (Å²) in [6.07, 6.45) is 3.29. The van der Waals surface area contributed by atoms with Gasteiger partial charge in [0, 0.05) is 24.7 Å². The summed E-state index contributed by atoms with van der Waals surface area (Å²) in [5.41, 5.74) is 8.50. The van der Waals surface area contributed by atoms with E-state index in [1.54, 1.807) is 29.4 Å². The number of halogens is 2. The number of aromatic amines is 1. The highest BCUT2D eigenvalue weighted by atomic mass is 35.5. The number of carbonyl (C=O) groups excluding carboxylic acids is 1. The van der Waals surface area contributed by atoms with Crippen LogP contribution in [-0.4, -0.2) is 42.5 Å². The molecule has 3 aromatic rings. The molecule has 1 saturated heterocycles. The van der Waals surface area contributed by atoms with Crippen LogP contribution in [0.4, 0.5) is 0 Å². The molecule has 1 aromatic heterocycles. The summed E-state index contributed by atoms with van der Waals surface area (Å²) >= 11 is 12.1. The fraction of sp³-hybridized carbons (Fsp3) is 0.348. The van der Waals surface area contributed by atoms with Gasteiger partial charge in [-0.2, -0.15) is 0 Å². The largest absolute Gasteiger partial charge is 0.489 e. The molecule has 3 N–H and O–H groups in total. The predicted molar refractivity (Wildman–Crippen MR) is 131 cm³/mol. The number of carbonyl (C=O) groups is 1. The minimum absolute atomic E-state index is 0.103. The molecule has 0 unspecified atom stereocenters. The molecule has 4 rings (SSSR count). The smallest absolute Gasteiger partial charge is 0.250 e. The molecule has 2 aromatic carbocycles. The molecule has 0 spiro atoms. The van der Waals surface area contributed by atoms with Gasteiger partial charge in [0.05, 0.1) is 26.9 Å². The third-order valence-corrected chi connectivity index (χ3v) is 8.72. The van der Waals surface area contributed by atoms with Crippen molar-refractivity contribution in [1.82, 2.24) is 9.29 Å². The van der Waals surface area contributed by atoms with Crippen molar-refractivity contribution < 1.29 is 17.9 Å². The van der Waals surface area contributed by atoms with Crippen LogP contribution in [0.1, 0.15) is 47.2 Å².